The number of aliphatic imine (C=N–C) groups is 1. The van der Waals surface area contributed by atoms with Crippen LogP contribution < -0.4 is 0 Å². The summed E-state index contributed by atoms with van der Waals surface area (Å²) in [5.41, 5.74) is 0. The maximum Gasteiger partial charge on any atom is 0.0718 e. The molecule has 0 heterocycles. The van der Waals surface area contributed by atoms with Crippen LogP contribution in [0.2, 0.25) is 12.1 Å². The molecule has 0 fully saturated rings. The van der Waals surface area contributed by atoms with Crippen LogP contribution >= 0.6 is 0 Å². The van der Waals surface area contributed by atoms with Gasteiger partial charge in [-0.2, -0.15) is 0 Å². The standard InChI is InChI=1S/C16H33NSi/c1-5-9-10-11-12-13-14-17-15-16(6-2)18(7-3)8-4/h6,15,18H,5,7-14H2,1-4H3. The van der Waals surface area contributed by atoms with Crippen LogP contribution in [-0.2, 0) is 0 Å². The maximum absolute atomic E-state index is 4.62. The molecule has 0 aliphatic rings. The lowest BCUT2D eigenvalue weighted by Gasteiger charge is -2.10. The zero-order valence-electron chi connectivity index (χ0n) is 13.0. The van der Waals surface area contributed by atoms with E-state index in [0.717, 1.165) is 6.54 Å². The van der Waals surface area contributed by atoms with Crippen molar-refractivity contribution in [2.45, 2.75) is 78.3 Å². The van der Waals surface area contributed by atoms with Gasteiger partial charge in [-0.25, -0.2) is 0 Å². The van der Waals surface area contributed by atoms with Gasteiger partial charge in [-0.3, -0.25) is 4.99 Å². The van der Waals surface area contributed by atoms with Crippen molar-refractivity contribution in [2.24, 2.45) is 4.99 Å². The fourth-order valence-electron chi connectivity index (χ4n) is 2.33. The third-order valence-corrected chi connectivity index (χ3v) is 7.07. The van der Waals surface area contributed by atoms with Gasteiger partial charge < -0.3 is 0 Å². The van der Waals surface area contributed by atoms with Crippen molar-refractivity contribution in [3.8, 4) is 0 Å². The Labute approximate surface area is 116 Å². The molecule has 106 valence electrons. The van der Waals surface area contributed by atoms with E-state index >= 15 is 0 Å². The van der Waals surface area contributed by atoms with Crippen molar-refractivity contribution >= 4 is 15.0 Å². The van der Waals surface area contributed by atoms with E-state index in [-0.39, 0.29) is 0 Å². The van der Waals surface area contributed by atoms with E-state index in [4.69, 9.17) is 0 Å². The van der Waals surface area contributed by atoms with Gasteiger partial charge in [0.05, 0.1) is 8.80 Å². The molecule has 0 saturated carbocycles. The van der Waals surface area contributed by atoms with Crippen molar-refractivity contribution in [3.05, 3.63) is 11.3 Å². The van der Waals surface area contributed by atoms with Gasteiger partial charge in [0.25, 0.3) is 0 Å². The predicted octanol–water partition coefficient (Wildman–Crippen LogP) is 5.17. The SMILES string of the molecule is CC=C(C=NCCCCCCCC)[SiH](CC)CC. The Morgan fingerprint density at radius 2 is 1.56 bits per heavy atom. The Kier molecular flexibility index (Phi) is 12.8. The molecule has 2 heteroatoms. The molecule has 0 aromatic carbocycles. The molecule has 18 heavy (non-hydrogen) atoms. The second kappa shape index (κ2) is 13.1. The number of nitrogens with zero attached hydrogens (tertiary/aromatic N) is 1. The molecule has 0 atom stereocenters. The summed E-state index contributed by atoms with van der Waals surface area (Å²) in [5, 5.41) is 1.56. The minimum atomic E-state index is -0.670. The Morgan fingerprint density at radius 3 is 2.11 bits per heavy atom. The first-order valence-electron chi connectivity index (χ1n) is 7.96. The fourth-order valence-corrected chi connectivity index (χ4v) is 4.64. The fraction of sp³-hybridized carbons (Fsp3) is 0.812. The first-order chi connectivity index (χ1) is 8.79. The molecule has 0 saturated heterocycles. The highest BCUT2D eigenvalue weighted by molar-refractivity contribution is 6.71. The Hall–Kier alpha value is -0.373. The number of allylic oxidation sites excluding steroid dienone is 2. The number of hydrogen-bond acceptors (Lipinski definition) is 1. The first-order valence-corrected chi connectivity index (χ1v) is 10.2. The van der Waals surface area contributed by atoms with Crippen LogP contribution in [0.25, 0.3) is 0 Å². The van der Waals surface area contributed by atoms with Gasteiger partial charge in [0.1, 0.15) is 0 Å². The quantitative estimate of drug-likeness (QED) is 0.278. The summed E-state index contributed by atoms with van der Waals surface area (Å²) in [4.78, 5) is 4.62. The first kappa shape index (κ1) is 17.6. The Bertz CT molecular complexity index is 229. The Balaban J connectivity index is 3.73. The third-order valence-electron chi connectivity index (χ3n) is 3.67. The van der Waals surface area contributed by atoms with E-state index in [0.29, 0.717) is 0 Å². The van der Waals surface area contributed by atoms with Crippen molar-refractivity contribution in [2.75, 3.05) is 6.54 Å². The molecular formula is C16H33NSi. The summed E-state index contributed by atoms with van der Waals surface area (Å²) < 4.78 is 0. The third kappa shape index (κ3) is 8.68. The summed E-state index contributed by atoms with van der Waals surface area (Å²) in [6.45, 7) is 10.1. The highest BCUT2D eigenvalue weighted by Gasteiger charge is 2.08. The number of hydrogen-bond donors (Lipinski definition) is 0. The monoisotopic (exact) mass is 267 g/mol. The average Bonchev–Trinajstić information content (AvgIpc) is 2.40. The van der Waals surface area contributed by atoms with E-state index in [1.807, 2.05) is 0 Å². The summed E-state index contributed by atoms with van der Waals surface area (Å²) in [6.07, 6.45) is 12.6. The Morgan fingerprint density at radius 1 is 0.944 bits per heavy atom. The van der Waals surface area contributed by atoms with Crippen LogP contribution in [0.5, 0.6) is 0 Å². The molecule has 0 unspecified atom stereocenters. The molecule has 0 rings (SSSR count). The van der Waals surface area contributed by atoms with Crippen LogP contribution in [-0.4, -0.2) is 21.6 Å². The van der Waals surface area contributed by atoms with Crippen LogP contribution in [0.3, 0.4) is 0 Å². The lowest BCUT2D eigenvalue weighted by atomic mass is 10.1. The van der Waals surface area contributed by atoms with Crippen molar-refractivity contribution in [3.63, 3.8) is 0 Å². The molecule has 0 N–H and O–H groups in total. The highest BCUT2D eigenvalue weighted by atomic mass is 28.3. The summed E-state index contributed by atoms with van der Waals surface area (Å²) in [7, 11) is -0.670. The molecule has 0 aliphatic carbocycles. The average molecular weight is 268 g/mol. The van der Waals surface area contributed by atoms with Gasteiger partial charge in [-0.15, -0.1) is 0 Å². The largest absolute Gasteiger partial charge is 0.293 e. The second-order valence-corrected chi connectivity index (χ2v) is 8.80. The molecule has 0 radical (unpaired) electrons. The lowest BCUT2D eigenvalue weighted by molar-refractivity contribution is 0.612. The molecule has 1 nitrogen and oxygen atoms in total. The maximum atomic E-state index is 4.62. The molecule has 0 bridgehead atoms. The van der Waals surface area contributed by atoms with E-state index in [1.165, 1.54) is 50.6 Å². The van der Waals surface area contributed by atoms with Gasteiger partial charge in [-0.05, 0) is 18.5 Å². The molecule has 0 spiro atoms. The van der Waals surface area contributed by atoms with Crippen molar-refractivity contribution in [1.82, 2.24) is 0 Å². The molecular weight excluding hydrogens is 234 g/mol. The van der Waals surface area contributed by atoms with Gasteiger partial charge in [0, 0.05) is 12.8 Å². The normalized spacial score (nSPS) is 12.8. The van der Waals surface area contributed by atoms with Crippen molar-refractivity contribution < 1.29 is 0 Å². The van der Waals surface area contributed by atoms with Crippen LogP contribution in [0, 0.1) is 0 Å². The zero-order valence-corrected chi connectivity index (χ0v) is 14.2. The minimum Gasteiger partial charge on any atom is -0.293 e. The van der Waals surface area contributed by atoms with Crippen LogP contribution in [0.15, 0.2) is 16.3 Å². The van der Waals surface area contributed by atoms with Crippen LogP contribution in [0.4, 0.5) is 0 Å². The van der Waals surface area contributed by atoms with E-state index < -0.39 is 8.80 Å². The smallest absolute Gasteiger partial charge is 0.0718 e. The van der Waals surface area contributed by atoms with Gasteiger partial charge in [0.15, 0.2) is 0 Å². The summed E-state index contributed by atoms with van der Waals surface area (Å²) in [6, 6.07) is 2.72. The van der Waals surface area contributed by atoms with E-state index in [1.54, 1.807) is 5.20 Å². The van der Waals surface area contributed by atoms with E-state index in [9.17, 15) is 0 Å². The zero-order chi connectivity index (χ0) is 13.6. The highest BCUT2D eigenvalue weighted by Crippen LogP contribution is 2.09. The van der Waals surface area contributed by atoms with Gasteiger partial charge in [0.2, 0.25) is 0 Å². The predicted molar refractivity (Wildman–Crippen MR) is 88.6 cm³/mol. The van der Waals surface area contributed by atoms with E-state index in [2.05, 4.69) is 45.0 Å². The number of rotatable bonds is 11. The lowest BCUT2D eigenvalue weighted by Crippen LogP contribution is -2.14. The summed E-state index contributed by atoms with van der Waals surface area (Å²) >= 11 is 0. The topological polar surface area (TPSA) is 12.4 Å². The van der Waals surface area contributed by atoms with Gasteiger partial charge in [-0.1, -0.05) is 71.0 Å². The molecule has 0 aliphatic heterocycles. The number of unbranched alkanes of at least 4 members (excludes halogenated alkanes) is 5. The minimum absolute atomic E-state index is 0.670. The molecule has 0 aromatic rings. The van der Waals surface area contributed by atoms with Crippen LogP contribution in [0.1, 0.15) is 66.2 Å². The van der Waals surface area contributed by atoms with Crippen molar-refractivity contribution in [1.29, 1.82) is 0 Å². The molecule has 0 aromatic heterocycles. The summed E-state index contributed by atoms with van der Waals surface area (Å²) in [5.74, 6) is 0. The second-order valence-electron chi connectivity index (χ2n) is 5.11. The molecule has 0 amide bonds. The van der Waals surface area contributed by atoms with Gasteiger partial charge >= 0.3 is 0 Å².